The molecule has 0 aliphatic heterocycles. The van der Waals surface area contributed by atoms with E-state index >= 15 is 0 Å². The van der Waals surface area contributed by atoms with Crippen LogP contribution in [0.3, 0.4) is 0 Å². The summed E-state index contributed by atoms with van der Waals surface area (Å²) in [6.07, 6.45) is 38.8. The Morgan fingerprint density at radius 3 is 1.54 bits per heavy atom. The number of nitrogens with zero attached hydrogens (tertiary/aromatic N) is 2. The average molecular weight is 628 g/mol. The minimum absolute atomic E-state index is 0.0100. The summed E-state index contributed by atoms with van der Waals surface area (Å²) in [4.78, 5) is 0. The zero-order valence-electron chi connectivity index (χ0n) is 30.4. The lowest BCUT2D eigenvalue weighted by molar-refractivity contribution is -0.697. The molecule has 46 heavy (non-hydrogen) atoms. The largest absolute Gasteiger partial charge is 0.244 e. The van der Waals surface area contributed by atoms with Crippen LogP contribution in [0.5, 0.6) is 0 Å². The number of aromatic nitrogens is 2. The van der Waals surface area contributed by atoms with Gasteiger partial charge in [-0.25, -0.2) is 9.13 Å². The number of hydrogen-bond donors (Lipinski definition) is 0. The maximum atomic E-state index is 2.58. The van der Waals surface area contributed by atoms with Crippen LogP contribution in [-0.2, 0) is 18.4 Å². The summed E-state index contributed by atoms with van der Waals surface area (Å²) in [5.74, 6) is 0. The fraction of sp³-hybridized carbons (Fsp3) is 0.659. The average Bonchev–Trinajstić information content (AvgIpc) is 3.55. The highest BCUT2D eigenvalue weighted by Crippen LogP contribution is 2.41. The van der Waals surface area contributed by atoms with Crippen molar-refractivity contribution in [2.75, 3.05) is 0 Å². The van der Waals surface area contributed by atoms with Crippen molar-refractivity contribution < 1.29 is 4.57 Å². The highest BCUT2D eigenvalue weighted by Gasteiger charge is 2.40. The second-order valence-corrected chi connectivity index (χ2v) is 14.6. The molecule has 0 saturated heterocycles. The van der Waals surface area contributed by atoms with Crippen molar-refractivity contribution in [3.8, 4) is 0 Å². The molecule has 2 heteroatoms. The number of aryl methyl sites for hydroxylation is 1. The first-order valence-electron chi connectivity index (χ1n) is 19.8. The molecule has 1 heterocycles. The van der Waals surface area contributed by atoms with Gasteiger partial charge in [0, 0.05) is 5.41 Å². The van der Waals surface area contributed by atoms with Crippen molar-refractivity contribution in [2.24, 2.45) is 0 Å². The molecule has 0 aliphatic carbocycles. The molecule has 0 fully saturated rings. The van der Waals surface area contributed by atoms with Crippen molar-refractivity contribution in [1.82, 2.24) is 4.57 Å². The molecule has 3 rings (SSSR count). The Morgan fingerprint density at radius 1 is 0.565 bits per heavy atom. The van der Waals surface area contributed by atoms with Crippen molar-refractivity contribution in [2.45, 2.75) is 186 Å². The third kappa shape index (κ3) is 14.6. The summed E-state index contributed by atoms with van der Waals surface area (Å²) in [7, 11) is 0. The van der Waals surface area contributed by atoms with Crippen molar-refractivity contribution >= 4 is 0 Å². The highest BCUT2D eigenvalue weighted by atomic mass is 15.1. The fourth-order valence-electron chi connectivity index (χ4n) is 7.56. The summed E-state index contributed by atoms with van der Waals surface area (Å²) in [6.45, 7) is 8.26. The van der Waals surface area contributed by atoms with Crippen LogP contribution in [-0.4, -0.2) is 4.57 Å². The third-order valence-corrected chi connectivity index (χ3v) is 10.5. The van der Waals surface area contributed by atoms with Gasteiger partial charge in [0.2, 0.25) is 6.33 Å². The Morgan fingerprint density at radius 2 is 1.02 bits per heavy atom. The molecular formula is C44H71N2+. The second kappa shape index (κ2) is 23.9. The van der Waals surface area contributed by atoms with Crippen LogP contribution in [0.1, 0.15) is 179 Å². The van der Waals surface area contributed by atoms with Gasteiger partial charge in [-0.2, -0.15) is 0 Å². The van der Waals surface area contributed by atoms with Gasteiger partial charge in [-0.3, -0.25) is 0 Å². The monoisotopic (exact) mass is 628 g/mol. The molecule has 0 bridgehead atoms. The topological polar surface area (TPSA) is 8.81 Å². The molecular weight excluding hydrogens is 556 g/mol. The Labute approximate surface area is 285 Å². The molecule has 2 atom stereocenters. The predicted molar refractivity (Wildman–Crippen MR) is 201 cm³/mol. The molecule has 0 saturated carbocycles. The van der Waals surface area contributed by atoms with Crippen LogP contribution in [0.15, 0.2) is 79.4 Å². The van der Waals surface area contributed by atoms with E-state index in [0.29, 0.717) is 6.04 Å². The smallest absolute Gasteiger partial charge is 0.237 e. The summed E-state index contributed by atoms with van der Waals surface area (Å²) >= 11 is 0. The van der Waals surface area contributed by atoms with Gasteiger partial charge in [0.1, 0.15) is 18.4 Å². The molecule has 2 unspecified atom stereocenters. The molecule has 2 aromatic carbocycles. The standard InChI is InChI=1S/C44H71N2/c1-4-6-8-10-11-12-13-14-15-16-17-18-19-20-21-29-35-43(46-38-37-45(40-46)36-30-22-9-7-5-2)44(3,42-33-27-24-28-34-42)39-41-31-25-23-26-32-41/h23-28,31-34,37-38,40,43H,4-22,29-30,35-36,39H2,1-3H3/q+1. The molecule has 256 valence electrons. The normalized spacial score (nSPS) is 13.5. The van der Waals surface area contributed by atoms with Gasteiger partial charge in [-0.05, 0) is 43.2 Å². The van der Waals surface area contributed by atoms with E-state index in [-0.39, 0.29) is 5.41 Å². The summed E-state index contributed by atoms with van der Waals surface area (Å²) in [5, 5.41) is 0. The van der Waals surface area contributed by atoms with E-state index in [9.17, 15) is 0 Å². The zero-order valence-corrected chi connectivity index (χ0v) is 30.4. The molecule has 0 amide bonds. The zero-order chi connectivity index (χ0) is 32.5. The van der Waals surface area contributed by atoms with Gasteiger partial charge < -0.3 is 0 Å². The van der Waals surface area contributed by atoms with E-state index in [2.05, 4.69) is 109 Å². The quantitative estimate of drug-likeness (QED) is 0.0559. The Kier molecular flexibility index (Phi) is 19.8. The van der Waals surface area contributed by atoms with Crippen molar-refractivity contribution in [1.29, 1.82) is 0 Å². The van der Waals surface area contributed by atoms with Gasteiger partial charge in [0.05, 0.1) is 6.54 Å². The van der Waals surface area contributed by atoms with E-state index in [1.807, 2.05) is 0 Å². The molecule has 0 radical (unpaired) electrons. The lowest BCUT2D eigenvalue weighted by atomic mass is 9.70. The highest BCUT2D eigenvalue weighted by molar-refractivity contribution is 5.30. The SMILES string of the molecule is CCCCCCCCCCCCCCCCCCC(n1cc[n+](CCCCCCC)c1)C(C)(Cc1ccccc1)c1ccccc1. The Balaban J connectivity index is 1.52. The lowest BCUT2D eigenvalue weighted by Gasteiger charge is -2.37. The summed E-state index contributed by atoms with van der Waals surface area (Å²) in [6, 6.07) is 23.0. The number of unbranched alkanes of at least 4 members (excludes halogenated alkanes) is 19. The summed E-state index contributed by atoms with van der Waals surface area (Å²) in [5.41, 5.74) is 2.90. The Bertz CT molecular complexity index is 1100. The maximum Gasteiger partial charge on any atom is 0.244 e. The maximum absolute atomic E-state index is 2.58. The van der Waals surface area contributed by atoms with Gasteiger partial charge in [-0.15, -0.1) is 0 Å². The predicted octanol–water partition coefficient (Wildman–Crippen LogP) is 13.1. The van der Waals surface area contributed by atoms with E-state index in [4.69, 9.17) is 0 Å². The first-order chi connectivity index (χ1) is 22.7. The van der Waals surface area contributed by atoms with E-state index in [1.165, 1.54) is 152 Å². The van der Waals surface area contributed by atoms with E-state index in [1.54, 1.807) is 0 Å². The van der Waals surface area contributed by atoms with Crippen LogP contribution in [0, 0.1) is 0 Å². The van der Waals surface area contributed by atoms with Crippen LogP contribution >= 0.6 is 0 Å². The number of rotatable bonds is 28. The summed E-state index contributed by atoms with van der Waals surface area (Å²) < 4.78 is 5.02. The van der Waals surface area contributed by atoms with Crippen LogP contribution in [0.2, 0.25) is 0 Å². The molecule has 0 spiro atoms. The third-order valence-electron chi connectivity index (χ3n) is 10.5. The van der Waals surface area contributed by atoms with Crippen molar-refractivity contribution in [3.63, 3.8) is 0 Å². The van der Waals surface area contributed by atoms with Gasteiger partial charge in [-0.1, -0.05) is 197 Å². The number of benzene rings is 2. The molecule has 3 aromatic rings. The number of imidazole rings is 1. The second-order valence-electron chi connectivity index (χ2n) is 14.6. The molecule has 0 aliphatic rings. The Hall–Kier alpha value is -2.35. The molecule has 0 N–H and O–H groups in total. The number of hydrogen-bond acceptors (Lipinski definition) is 0. The molecule has 2 nitrogen and oxygen atoms in total. The van der Waals surface area contributed by atoms with Gasteiger partial charge in [0.15, 0.2) is 0 Å². The van der Waals surface area contributed by atoms with E-state index < -0.39 is 0 Å². The van der Waals surface area contributed by atoms with Crippen molar-refractivity contribution in [3.05, 3.63) is 90.5 Å². The van der Waals surface area contributed by atoms with Crippen LogP contribution < -0.4 is 4.57 Å². The van der Waals surface area contributed by atoms with Crippen LogP contribution in [0.4, 0.5) is 0 Å². The fourth-order valence-corrected chi connectivity index (χ4v) is 7.56. The first kappa shape index (κ1) is 38.1. The minimum atomic E-state index is 0.0100. The van der Waals surface area contributed by atoms with Gasteiger partial charge >= 0.3 is 0 Å². The van der Waals surface area contributed by atoms with E-state index in [0.717, 1.165) is 13.0 Å². The van der Waals surface area contributed by atoms with Gasteiger partial charge in [0.25, 0.3) is 0 Å². The minimum Gasteiger partial charge on any atom is -0.237 e. The lowest BCUT2D eigenvalue weighted by Crippen LogP contribution is -2.38. The molecule has 1 aromatic heterocycles. The van der Waals surface area contributed by atoms with Crippen LogP contribution in [0.25, 0.3) is 0 Å². The first-order valence-corrected chi connectivity index (χ1v) is 19.8.